The van der Waals surface area contributed by atoms with E-state index in [-0.39, 0.29) is 11.7 Å². The van der Waals surface area contributed by atoms with Gasteiger partial charge in [0.15, 0.2) is 0 Å². The van der Waals surface area contributed by atoms with Crippen molar-refractivity contribution >= 4 is 40.0 Å². The molecule has 36 heavy (non-hydrogen) atoms. The average Bonchev–Trinajstić information content (AvgIpc) is 2.85. The Hall–Kier alpha value is -2.76. The van der Waals surface area contributed by atoms with E-state index in [0.717, 1.165) is 65.0 Å². The summed E-state index contributed by atoms with van der Waals surface area (Å²) in [5.74, 6) is -0.515. The molecule has 1 saturated heterocycles. The Labute approximate surface area is 224 Å². The molecule has 188 valence electrons. The van der Waals surface area contributed by atoms with E-state index in [4.69, 9.17) is 5.73 Å². The van der Waals surface area contributed by atoms with Crippen molar-refractivity contribution in [3.05, 3.63) is 62.6 Å². The number of amides is 1. The Balaban J connectivity index is 1.59. The van der Waals surface area contributed by atoms with Crippen molar-refractivity contribution in [3.8, 4) is 22.3 Å². The summed E-state index contributed by atoms with van der Waals surface area (Å²) in [6.45, 7) is 5.12. The van der Waals surface area contributed by atoms with Crippen LogP contribution in [-0.2, 0) is 13.0 Å². The van der Waals surface area contributed by atoms with Crippen LogP contribution in [0.5, 0.6) is 0 Å². The third kappa shape index (κ3) is 4.91. The molecule has 1 fully saturated rings. The summed E-state index contributed by atoms with van der Waals surface area (Å²) in [5, 5.41) is 6.28. The van der Waals surface area contributed by atoms with Gasteiger partial charge in [-0.25, -0.2) is 4.98 Å². The average molecular weight is 600 g/mol. The number of nitrogens with zero attached hydrogens (tertiary/aromatic N) is 3. The maximum Gasteiger partial charge on any atom is 0.251 e. The van der Waals surface area contributed by atoms with Crippen LogP contribution in [0.15, 0.2) is 36.4 Å². The number of piperazine rings is 1. The van der Waals surface area contributed by atoms with Gasteiger partial charge >= 0.3 is 0 Å². The lowest BCUT2D eigenvalue weighted by atomic mass is 9.93. The van der Waals surface area contributed by atoms with Gasteiger partial charge in [-0.05, 0) is 95.7 Å². The molecule has 0 aliphatic carbocycles. The Morgan fingerprint density at radius 1 is 1.06 bits per heavy atom. The standard InChI is InChI=1S/C27H30FIN6O/c1-34(2)15-18-11-16(3-4-24(18)35-9-7-31-8-10-35)19-13-22(26(30)33-25(19)28)21-12-17-5-6-32-27(36)20(17)14-23(21)29/h3-4,11-14,31H,5-10,15H2,1-2H3,(H2,30,33)(H,32,36). The number of benzene rings is 2. The second kappa shape index (κ2) is 10.3. The summed E-state index contributed by atoms with van der Waals surface area (Å²) in [6.07, 6.45) is 0.744. The van der Waals surface area contributed by atoms with Gasteiger partial charge < -0.3 is 26.2 Å². The minimum atomic E-state index is -0.589. The lowest BCUT2D eigenvalue weighted by Gasteiger charge is -2.32. The first-order valence-corrected chi connectivity index (χ1v) is 13.2. The number of fused-ring (bicyclic) bond motifs is 1. The van der Waals surface area contributed by atoms with E-state index in [0.29, 0.717) is 23.2 Å². The molecule has 2 aliphatic heterocycles. The fraction of sp³-hybridized carbons (Fsp3) is 0.333. The van der Waals surface area contributed by atoms with E-state index in [1.807, 2.05) is 32.3 Å². The molecule has 3 aromatic rings. The lowest BCUT2D eigenvalue weighted by Crippen LogP contribution is -2.44. The van der Waals surface area contributed by atoms with Crippen LogP contribution < -0.4 is 21.3 Å². The highest BCUT2D eigenvalue weighted by atomic mass is 127. The van der Waals surface area contributed by atoms with Gasteiger partial charge in [0.2, 0.25) is 5.95 Å². The topological polar surface area (TPSA) is 86.5 Å². The molecule has 1 aromatic heterocycles. The predicted molar refractivity (Wildman–Crippen MR) is 151 cm³/mol. The highest BCUT2D eigenvalue weighted by molar-refractivity contribution is 14.1. The predicted octanol–water partition coefficient (Wildman–Crippen LogP) is 3.50. The molecular formula is C27H30FIN6O. The van der Waals surface area contributed by atoms with Gasteiger partial charge in [-0.3, -0.25) is 4.79 Å². The van der Waals surface area contributed by atoms with E-state index < -0.39 is 5.95 Å². The number of rotatable bonds is 5. The van der Waals surface area contributed by atoms with Gasteiger partial charge in [-0.15, -0.1) is 0 Å². The van der Waals surface area contributed by atoms with Gasteiger partial charge in [0.05, 0.1) is 0 Å². The van der Waals surface area contributed by atoms with Crippen LogP contribution in [0.1, 0.15) is 21.5 Å². The number of carbonyl (C=O) groups excluding carboxylic acids is 1. The molecule has 0 spiro atoms. The van der Waals surface area contributed by atoms with Gasteiger partial charge in [0.25, 0.3) is 5.91 Å². The summed E-state index contributed by atoms with van der Waals surface area (Å²) >= 11 is 2.21. The van der Waals surface area contributed by atoms with Crippen LogP contribution in [0.4, 0.5) is 15.9 Å². The van der Waals surface area contributed by atoms with Crippen molar-refractivity contribution in [2.24, 2.45) is 0 Å². The van der Waals surface area contributed by atoms with Crippen molar-refractivity contribution in [1.82, 2.24) is 20.5 Å². The Morgan fingerprint density at radius 2 is 1.83 bits per heavy atom. The highest BCUT2D eigenvalue weighted by Crippen LogP contribution is 2.37. The third-order valence-corrected chi connectivity index (χ3v) is 7.64. The number of hydrogen-bond acceptors (Lipinski definition) is 6. The monoisotopic (exact) mass is 600 g/mol. The molecule has 2 aliphatic rings. The number of carbonyl (C=O) groups is 1. The number of anilines is 2. The van der Waals surface area contributed by atoms with Crippen LogP contribution in [-0.4, -0.2) is 62.6 Å². The van der Waals surface area contributed by atoms with Gasteiger partial charge in [0, 0.05) is 65.2 Å². The molecule has 0 unspecified atom stereocenters. The third-order valence-electron chi connectivity index (χ3n) is 6.75. The van der Waals surface area contributed by atoms with E-state index in [1.165, 1.54) is 5.69 Å². The van der Waals surface area contributed by atoms with Crippen LogP contribution in [0.2, 0.25) is 0 Å². The maximum atomic E-state index is 15.2. The van der Waals surface area contributed by atoms with Crippen LogP contribution in [0, 0.1) is 9.52 Å². The smallest absolute Gasteiger partial charge is 0.251 e. The van der Waals surface area contributed by atoms with Gasteiger partial charge in [0.1, 0.15) is 5.82 Å². The summed E-state index contributed by atoms with van der Waals surface area (Å²) in [6, 6.07) is 11.8. The zero-order chi connectivity index (χ0) is 25.4. The van der Waals surface area contributed by atoms with E-state index in [2.05, 4.69) is 60.1 Å². The largest absolute Gasteiger partial charge is 0.383 e. The van der Waals surface area contributed by atoms with E-state index >= 15 is 4.39 Å². The Kier molecular flexibility index (Phi) is 7.14. The summed E-state index contributed by atoms with van der Waals surface area (Å²) < 4.78 is 16.1. The number of nitrogens with two attached hydrogens (primary N) is 1. The normalized spacial score (nSPS) is 15.7. The molecule has 9 heteroatoms. The summed E-state index contributed by atoms with van der Waals surface area (Å²) in [4.78, 5) is 20.9. The van der Waals surface area contributed by atoms with Crippen LogP contribution >= 0.6 is 22.6 Å². The SMILES string of the molecule is CN(C)Cc1cc(-c2cc(-c3cc4c(cc3I)C(=O)NCC4)c(N)nc2F)ccc1N1CCNCC1. The van der Waals surface area contributed by atoms with Gasteiger partial charge in [-0.1, -0.05) is 6.07 Å². The number of nitrogen functional groups attached to an aromatic ring is 1. The molecular weight excluding hydrogens is 570 g/mol. The molecule has 0 saturated carbocycles. The first-order chi connectivity index (χ1) is 17.3. The number of halogens is 2. The second-order valence-corrected chi connectivity index (χ2v) is 10.7. The zero-order valence-electron chi connectivity index (χ0n) is 20.5. The first-order valence-electron chi connectivity index (χ1n) is 12.1. The Bertz CT molecular complexity index is 1320. The second-order valence-electron chi connectivity index (χ2n) is 9.57. The van der Waals surface area contributed by atoms with Crippen molar-refractivity contribution in [2.45, 2.75) is 13.0 Å². The molecule has 2 aromatic carbocycles. The number of nitrogens with one attached hydrogen (secondary N) is 2. The summed E-state index contributed by atoms with van der Waals surface area (Å²) in [7, 11) is 4.08. The molecule has 3 heterocycles. The molecule has 5 rings (SSSR count). The fourth-order valence-electron chi connectivity index (χ4n) is 5.01. The van der Waals surface area contributed by atoms with Crippen molar-refractivity contribution in [2.75, 3.05) is 57.5 Å². The van der Waals surface area contributed by atoms with Gasteiger partial charge in [-0.2, -0.15) is 4.39 Å². The van der Waals surface area contributed by atoms with E-state index in [9.17, 15) is 4.79 Å². The maximum absolute atomic E-state index is 15.2. The van der Waals surface area contributed by atoms with E-state index in [1.54, 1.807) is 6.07 Å². The van der Waals surface area contributed by atoms with Crippen molar-refractivity contribution in [3.63, 3.8) is 0 Å². The molecule has 1 amide bonds. The number of aromatic nitrogens is 1. The summed E-state index contributed by atoms with van der Waals surface area (Å²) in [5.41, 5.74) is 12.9. The number of hydrogen-bond donors (Lipinski definition) is 3. The first kappa shape index (κ1) is 24.9. The molecule has 0 atom stereocenters. The Morgan fingerprint density at radius 3 is 2.58 bits per heavy atom. The van der Waals surface area contributed by atoms with Crippen molar-refractivity contribution < 1.29 is 9.18 Å². The fourth-order valence-corrected chi connectivity index (χ4v) is 5.76. The molecule has 7 nitrogen and oxygen atoms in total. The minimum Gasteiger partial charge on any atom is -0.383 e. The van der Waals surface area contributed by atoms with Crippen LogP contribution in [0.25, 0.3) is 22.3 Å². The molecule has 0 bridgehead atoms. The quantitative estimate of drug-likeness (QED) is 0.307. The zero-order valence-corrected chi connectivity index (χ0v) is 22.7. The number of pyridine rings is 1. The minimum absolute atomic E-state index is 0.0652. The highest BCUT2D eigenvalue weighted by Gasteiger charge is 2.22. The van der Waals surface area contributed by atoms with Crippen LogP contribution in [0.3, 0.4) is 0 Å². The lowest BCUT2D eigenvalue weighted by molar-refractivity contribution is 0.0946. The molecule has 4 N–H and O–H groups in total. The van der Waals surface area contributed by atoms with Crippen molar-refractivity contribution in [1.29, 1.82) is 0 Å². The molecule has 0 radical (unpaired) electrons.